The zero-order valence-corrected chi connectivity index (χ0v) is 10.8. The average molecular weight is 300 g/mol. The molecule has 16 heavy (non-hydrogen) atoms. The Bertz CT molecular complexity index is 464. The van der Waals surface area contributed by atoms with Gasteiger partial charge in [-0.3, -0.25) is 4.79 Å². The predicted octanol–water partition coefficient (Wildman–Crippen LogP) is 3.08. The predicted molar refractivity (Wildman–Crippen MR) is 66.8 cm³/mol. The van der Waals surface area contributed by atoms with Crippen LogP contribution < -0.4 is 5.32 Å². The molecule has 2 heterocycles. The third-order valence-corrected chi connectivity index (χ3v) is 3.49. The molecule has 5 heteroatoms. The molecule has 0 saturated heterocycles. The van der Waals surface area contributed by atoms with Crippen molar-refractivity contribution in [2.24, 2.45) is 0 Å². The third kappa shape index (κ3) is 2.74. The summed E-state index contributed by atoms with van der Waals surface area (Å²) in [6.07, 6.45) is 2.34. The Balaban J connectivity index is 1.83. The highest BCUT2D eigenvalue weighted by Crippen LogP contribution is 2.17. The van der Waals surface area contributed by atoms with Crippen LogP contribution in [0.3, 0.4) is 0 Å². The fourth-order valence-corrected chi connectivity index (χ4v) is 2.43. The van der Waals surface area contributed by atoms with E-state index in [2.05, 4.69) is 32.7 Å². The Morgan fingerprint density at radius 2 is 2.38 bits per heavy atom. The lowest BCUT2D eigenvalue weighted by atomic mass is 10.2. The number of hydrogen-bond donors (Lipinski definition) is 1. The van der Waals surface area contributed by atoms with E-state index in [0.717, 1.165) is 6.42 Å². The number of carbonyl (C=O) groups excluding carboxylic acids is 1. The van der Waals surface area contributed by atoms with Crippen LogP contribution in [-0.4, -0.2) is 12.5 Å². The Morgan fingerprint density at radius 1 is 1.50 bits per heavy atom. The number of halogens is 1. The van der Waals surface area contributed by atoms with E-state index in [1.54, 1.807) is 17.4 Å². The van der Waals surface area contributed by atoms with Gasteiger partial charge in [0.15, 0.2) is 4.67 Å². The second-order valence-electron chi connectivity index (χ2n) is 3.25. The van der Waals surface area contributed by atoms with Crippen LogP contribution in [0, 0.1) is 0 Å². The lowest BCUT2D eigenvalue weighted by Gasteiger charge is -2.02. The summed E-state index contributed by atoms with van der Waals surface area (Å²) >= 11 is 4.84. The van der Waals surface area contributed by atoms with E-state index in [-0.39, 0.29) is 5.91 Å². The summed E-state index contributed by atoms with van der Waals surface area (Å²) in [7, 11) is 0. The molecule has 0 bridgehead atoms. The van der Waals surface area contributed by atoms with E-state index < -0.39 is 0 Å². The van der Waals surface area contributed by atoms with Gasteiger partial charge < -0.3 is 9.73 Å². The van der Waals surface area contributed by atoms with E-state index in [0.29, 0.717) is 16.8 Å². The van der Waals surface area contributed by atoms with E-state index >= 15 is 0 Å². The summed E-state index contributed by atoms with van der Waals surface area (Å²) < 4.78 is 5.47. The van der Waals surface area contributed by atoms with Gasteiger partial charge in [0.2, 0.25) is 0 Å². The summed E-state index contributed by atoms with van der Waals surface area (Å²) in [5, 5.41) is 6.95. The maximum absolute atomic E-state index is 11.7. The molecular weight excluding hydrogens is 290 g/mol. The van der Waals surface area contributed by atoms with Crippen molar-refractivity contribution >= 4 is 33.2 Å². The minimum Gasteiger partial charge on any atom is -0.457 e. The van der Waals surface area contributed by atoms with Crippen molar-refractivity contribution in [1.82, 2.24) is 5.32 Å². The second kappa shape index (κ2) is 5.32. The van der Waals surface area contributed by atoms with E-state index in [4.69, 9.17) is 4.42 Å². The maximum Gasteiger partial charge on any atom is 0.255 e. The van der Waals surface area contributed by atoms with Crippen molar-refractivity contribution < 1.29 is 9.21 Å². The van der Waals surface area contributed by atoms with Crippen LogP contribution in [-0.2, 0) is 6.42 Å². The van der Waals surface area contributed by atoms with Crippen molar-refractivity contribution in [3.63, 3.8) is 0 Å². The van der Waals surface area contributed by atoms with Gasteiger partial charge in [-0.25, -0.2) is 0 Å². The van der Waals surface area contributed by atoms with Gasteiger partial charge in [-0.2, -0.15) is 11.3 Å². The van der Waals surface area contributed by atoms with Crippen LogP contribution in [0.4, 0.5) is 0 Å². The van der Waals surface area contributed by atoms with E-state index in [1.165, 1.54) is 11.8 Å². The SMILES string of the molecule is O=C(NCCc1ccsc1)c1ccoc1Br. The van der Waals surface area contributed by atoms with Gasteiger partial charge in [-0.15, -0.1) is 0 Å². The molecule has 0 unspecified atom stereocenters. The standard InChI is InChI=1S/C11H10BrNO2S/c12-10-9(2-5-15-10)11(14)13-4-1-8-3-6-16-7-8/h2-3,5-7H,1,4H2,(H,13,14). The molecule has 0 aliphatic rings. The van der Waals surface area contributed by atoms with Crippen LogP contribution in [0.2, 0.25) is 0 Å². The van der Waals surface area contributed by atoms with Crippen molar-refractivity contribution in [3.8, 4) is 0 Å². The smallest absolute Gasteiger partial charge is 0.255 e. The molecule has 0 atom stereocenters. The molecule has 0 aromatic carbocycles. The molecule has 2 rings (SSSR count). The molecule has 0 aliphatic carbocycles. The number of nitrogens with one attached hydrogen (secondary N) is 1. The van der Waals surface area contributed by atoms with E-state index in [1.807, 2.05) is 5.38 Å². The molecule has 0 fully saturated rings. The van der Waals surface area contributed by atoms with Crippen molar-refractivity contribution in [3.05, 3.63) is 45.0 Å². The molecule has 2 aromatic rings. The van der Waals surface area contributed by atoms with Gasteiger partial charge in [-0.1, -0.05) is 0 Å². The van der Waals surface area contributed by atoms with Crippen LogP contribution in [0.15, 0.2) is 38.2 Å². The second-order valence-corrected chi connectivity index (χ2v) is 4.75. The highest BCUT2D eigenvalue weighted by atomic mass is 79.9. The van der Waals surface area contributed by atoms with Gasteiger partial charge in [0.25, 0.3) is 5.91 Å². The summed E-state index contributed by atoms with van der Waals surface area (Å²) in [5.41, 5.74) is 1.78. The van der Waals surface area contributed by atoms with Crippen LogP contribution >= 0.6 is 27.3 Å². The number of thiophene rings is 1. The highest BCUT2D eigenvalue weighted by molar-refractivity contribution is 9.10. The van der Waals surface area contributed by atoms with Gasteiger partial charge in [0, 0.05) is 6.54 Å². The lowest BCUT2D eigenvalue weighted by molar-refractivity contribution is 0.0952. The van der Waals surface area contributed by atoms with Crippen LogP contribution in [0.1, 0.15) is 15.9 Å². The molecule has 0 radical (unpaired) electrons. The first-order valence-electron chi connectivity index (χ1n) is 4.79. The minimum atomic E-state index is -0.115. The molecule has 1 amide bonds. The Morgan fingerprint density at radius 3 is 3.00 bits per heavy atom. The molecule has 0 spiro atoms. The summed E-state index contributed by atoms with van der Waals surface area (Å²) in [5.74, 6) is -0.115. The minimum absolute atomic E-state index is 0.115. The Hall–Kier alpha value is -1.07. The number of carbonyl (C=O) groups is 1. The fourth-order valence-electron chi connectivity index (χ4n) is 1.31. The van der Waals surface area contributed by atoms with Crippen molar-refractivity contribution in [2.45, 2.75) is 6.42 Å². The van der Waals surface area contributed by atoms with Crippen LogP contribution in [0.25, 0.3) is 0 Å². The molecule has 84 valence electrons. The molecule has 1 N–H and O–H groups in total. The summed E-state index contributed by atoms with van der Waals surface area (Å²) in [6, 6.07) is 3.70. The molecule has 2 aromatic heterocycles. The lowest BCUT2D eigenvalue weighted by Crippen LogP contribution is -2.25. The first-order valence-corrected chi connectivity index (χ1v) is 6.53. The Kier molecular flexibility index (Phi) is 3.79. The van der Waals surface area contributed by atoms with Gasteiger partial charge in [0.1, 0.15) is 0 Å². The van der Waals surface area contributed by atoms with Gasteiger partial charge in [-0.05, 0) is 50.8 Å². The largest absolute Gasteiger partial charge is 0.457 e. The molecule has 0 saturated carbocycles. The van der Waals surface area contributed by atoms with E-state index in [9.17, 15) is 4.79 Å². The quantitative estimate of drug-likeness (QED) is 0.943. The molecule has 3 nitrogen and oxygen atoms in total. The molecule has 0 aliphatic heterocycles. The zero-order chi connectivity index (χ0) is 11.4. The first kappa shape index (κ1) is 11.4. The third-order valence-electron chi connectivity index (χ3n) is 2.14. The average Bonchev–Trinajstić information content (AvgIpc) is 2.88. The van der Waals surface area contributed by atoms with Crippen LogP contribution in [0.5, 0.6) is 0 Å². The number of amides is 1. The maximum atomic E-state index is 11.7. The monoisotopic (exact) mass is 299 g/mol. The van der Waals surface area contributed by atoms with Gasteiger partial charge in [0.05, 0.1) is 11.8 Å². The summed E-state index contributed by atoms with van der Waals surface area (Å²) in [4.78, 5) is 11.7. The highest BCUT2D eigenvalue weighted by Gasteiger charge is 2.11. The van der Waals surface area contributed by atoms with Gasteiger partial charge >= 0.3 is 0 Å². The zero-order valence-electron chi connectivity index (χ0n) is 8.40. The first-order chi connectivity index (χ1) is 7.77. The van der Waals surface area contributed by atoms with Crippen molar-refractivity contribution in [1.29, 1.82) is 0 Å². The Labute approximate surface area is 106 Å². The summed E-state index contributed by atoms with van der Waals surface area (Å²) in [6.45, 7) is 0.632. The number of rotatable bonds is 4. The molecular formula is C11H10BrNO2S. The van der Waals surface area contributed by atoms with Crippen molar-refractivity contribution in [2.75, 3.05) is 6.54 Å². The number of hydrogen-bond acceptors (Lipinski definition) is 3. The normalized spacial score (nSPS) is 10.3. The topological polar surface area (TPSA) is 42.2 Å². The number of furan rings is 1. The fraction of sp³-hybridized carbons (Fsp3) is 0.182.